The minimum atomic E-state index is -0.646. The van der Waals surface area contributed by atoms with E-state index in [0.717, 1.165) is 12.8 Å². The van der Waals surface area contributed by atoms with Gasteiger partial charge in [-0.15, -0.1) is 0 Å². The lowest BCUT2D eigenvalue weighted by atomic mass is 9.75. The molecule has 2 saturated heterocycles. The summed E-state index contributed by atoms with van der Waals surface area (Å²) in [6.45, 7) is 6.18. The molecule has 3 rings (SSSR count). The maximum Gasteiger partial charge on any atom is 0.337 e. The lowest BCUT2D eigenvalue weighted by Gasteiger charge is -2.49. The average Bonchev–Trinajstić information content (AvgIpc) is 3.00. The zero-order valence-electron chi connectivity index (χ0n) is 17.4. The second-order valence-corrected chi connectivity index (χ2v) is 8.28. The van der Waals surface area contributed by atoms with Crippen molar-refractivity contribution in [3.05, 3.63) is 0 Å². The number of urea groups is 1. The number of hydrogen-bond acceptors (Lipinski definition) is 5. The van der Waals surface area contributed by atoms with Crippen molar-refractivity contribution in [3.63, 3.8) is 0 Å². The molecule has 1 saturated carbocycles. The number of carbonyl (C=O) groups is 4. The number of nitrogens with one attached hydrogen (secondary N) is 2. The largest absolute Gasteiger partial charge is 0.368 e. The molecule has 10 nitrogen and oxygen atoms in total. The Hall–Kier alpha value is -2.36. The Morgan fingerprint density at radius 3 is 2.62 bits per heavy atom. The van der Waals surface area contributed by atoms with Crippen molar-refractivity contribution < 1.29 is 19.2 Å². The van der Waals surface area contributed by atoms with Crippen LogP contribution in [0.15, 0.2) is 0 Å². The Labute approximate surface area is 171 Å². The van der Waals surface area contributed by atoms with Crippen LogP contribution in [-0.4, -0.2) is 70.0 Å². The molecule has 2 aliphatic heterocycles. The van der Waals surface area contributed by atoms with E-state index in [0.29, 0.717) is 25.8 Å². The zero-order valence-corrected chi connectivity index (χ0v) is 17.4. The van der Waals surface area contributed by atoms with Crippen LogP contribution >= 0.6 is 0 Å². The van der Waals surface area contributed by atoms with Gasteiger partial charge in [0, 0.05) is 24.5 Å². The molecule has 0 aromatic rings. The summed E-state index contributed by atoms with van der Waals surface area (Å²) < 4.78 is 0. The van der Waals surface area contributed by atoms with Crippen molar-refractivity contribution in [3.8, 4) is 0 Å². The molecule has 4 N–H and O–H groups in total. The van der Waals surface area contributed by atoms with Crippen molar-refractivity contribution in [2.45, 2.75) is 71.2 Å². The topological polar surface area (TPSA) is 128 Å². The number of hydrogen-bond donors (Lipinski definition) is 3. The fourth-order valence-electron chi connectivity index (χ4n) is 4.56. The van der Waals surface area contributed by atoms with E-state index in [2.05, 4.69) is 10.7 Å². The number of amides is 5. The monoisotopic (exact) mass is 408 g/mol. The van der Waals surface area contributed by atoms with Gasteiger partial charge in [-0.3, -0.25) is 19.3 Å². The lowest BCUT2D eigenvalue weighted by Crippen LogP contribution is -2.67. The standard InChI is InChI=1S/C19H32N6O4/c1-4-8-23-17(28)13-7-6-12(16(27)21-11(3)5-2)9-14(13)25-18(23)22-24(19(25)29)10-15(20)26/h11-14,18,22H,4-10H2,1-3H3,(H2,20,26)(H,21,27). The minimum Gasteiger partial charge on any atom is -0.368 e. The quantitative estimate of drug-likeness (QED) is 0.544. The number of carbonyl (C=O) groups excluding carboxylic acids is 4. The molecule has 1 aliphatic carbocycles. The van der Waals surface area contributed by atoms with Crippen molar-refractivity contribution in [2.75, 3.05) is 13.1 Å². The van der Waals surface area contributed by atoms with Crippen LogP contribution in [0.5, 0.6) is 0 Å². The molecule has 5 unspecified atom stereocenters. The molecular formula is C19H32N6O4. The summed E-state index contributed by atoms with van der Waals surface area (Å²) in [6.07, 6.45) is 2.57. The van der Waals surface area contributed by atoms with Crippen LogP contribution < -0.4 is 16.5 Å². The van der Waals surface area contributed by atoms with Crippen molar-refractivity contribution in [1.29, 1.82) is 0 Å². The zero-order chi connectivity index (χ0) is 21.3. The maximum absolute atomic E-state index is 13.2. The summed E-state index contributed by atoms with van der Waals surface area (Å²) in [5.74, 6) is -1.23. The lowest BCUT2D eigenvalue weighted by molar-refractivity contribution is -0.158. The number of nitrogens with two attached hydrogens (primary N) is 1. The molecule has 3 aliphatic rings. The Morgan fingerprint density at radius 2 is 2.00 bits per heavy atom. The number of rotatable bonds is 7. The van der Waals surface area contributed by atoms with Crippen LogP contribution in [0, 0.1) is 11.8 Å². The van der Waals surface area contributed by atoms with E-state index in [4.69, 9.17) is 5.73 Å². The van der Waals surface area contributed by atoms with Gasteiger partial charge in [0.2, 0.25) is 17.7 Å². The van der Waals surface area contributed by atoms with E-state index in [-0.39, 0.29) is 48.3 Å². The van der Waals surface area contributed by atoms with E-state index < -0.39 is 12.2 Å². The SMILES string of the molecule is CCCN1C(=O)C2CCC(C(=O)NC(C)CC)CC2N2C(=O)N(CC(N)=O)NC12. The maximum atomic E-state index is 13.2. The Kier molecular flexibility index (Phi) is 6.30. The third-order valence-electron chi connectivity index (χ3n) is 6.21. The number of fused-ring (bicyclic) bond motifs is 3. The predicted molar refractivity (Wildman–Crippen MR) is 105 cm³/mol. The van der Waals surface area contributed by atoms with E-state index in [1.807, 2.05) is 20.8 Å². The highest BCUT2D eigenvalue weighted by Crippen LogP contribution is 2.40. The summed E-state index contributed by atoms with van der Waals surface area (Å²) in [5, 5.41) is 4.19. The minimum absolute atomic E-state index is 0.000101. The molecule has 0 aromatic carbocycles. The van der Waals surface area contributed by atoms with Gasteiger partial charge in [-0.25, -0.2) is 9.80 Å². The molecule has 0 radical (unpaired) electrons. The number of primary amides is 1. The highest BCUT2D eigenvalue weighted by molar-refractivity contribution is 5.88. The van der Waals surface area contributed by atoms with Gasteiger partial charge in [0.1, 0.15) is 6.54 Å². The second kappa shape index (κ2) is 8.56. The molecule has 10 heteroatoms. The van der Waals surface area contributed by atoms with Crippen molar-refractivity contribution >= 4 is 23.8 Å². The highest BCUT2D eigenvalue weighted by atomic mass is 16.2. The fraction of sp³-hybridized carbons (Fsp3) is 0.789. The molecule has 0 spiro atoms. The normalized spacial score (nSPS) is 30.1. The summed E-state index contributed by atoms with van der Waals surface area (Å²) in [4.78, 5) is 53.5. The Morgan fingerprint density at radius 1 is 1.28 bits per heavy atom. The Bertz CT molecular complexity index is 686. The first-order valence-corrected chi connectivity index (χ1v) is 10.5. The summed E-state index contributed by atoms with van der Waals surface area (Å²) in [7, 11) is 0. The van der Waals surface area contributed by atoms with Crippen molar-refractivity contribution in [1.82, 2.24) is 25.6 Å². The molecule has 0 aromatic heterocycles. The van der Waals surface area contributed by atoms with Gasteiger partial charge >= 0.3 is 6.03 Å². The molecule has 5 amide bonds. The average molecular weight is 409 g/mol. The molecule has 162 valence electrons. The van der Waals surface area contributed by atoms with Gasteiger partial charge in [0.05, 0.1) is 5.92 Å². The van der Waals surface area contributed by atoms with Gasteiger partial charge < -0.3 is 16.0 Å². The highest BCUT2D eigenvalue weighted by Gasteiger charge is 2.55. The van der Waals surface area contributed by atoms with E-state index in [1.165, 1.54) is 5.01 Å². The molecule has 5 atom stereocenters. The van der Waals surface area contributed by atoms with Gasteiger partial charge in [0.15, 0.2) is 6.29 Å². The molecule has 2 heterocycles. The van der Waals surface area contributed by atoms with Gasteiger partial charge in [0.25, 0.3) is 0 Å². The predicted octanol–water partition coefficient (Wildman–Crippen LogP) is -0.0507. The van der Waals surface area contributed by atoms with Gasteiger partial charge in [-0.1, -0.05) is 13.8 Å². The summed E-state index contributed by atoms with van der Waals surface area (Å²) in [5.41, 5.74) is 8.24. The van der Waals surface area contributed by atoms with E-state index >= 15 is 0 Å². The van der Waals surface area contributed by atoms with Crippen LogP contribution in [0.1, 0.15) is 52.9 Å². The fourth-order valence-corrected chi connectivity index (χ4v) is 4.56. The van der Waals surface area contributed by atoms with Gasteiger partial charge in [-0.05, 0) is 39.0 Å². The summed E-state index contributed by atoms with van der Waals surface area (Å²) in [6, 6.07) is -0.664. The van der Waals surface area contributed by atoms with Crippen LogP contribution in [0.3, 0.4) is 0 Å². The first-order chi connectivity index (χ1) is 13.8. The third-order valence-corrected chi connectivity index (χ3v) is 6.21. The molecule has 3 fully saturated rings. The molecule has 0 bridgehead atoms. The number of nitrogens with zero attached hydrogens (tertiary/aromatic N) is 3. The Balaban J connectivity index is 1.84. The smallest absolute Gasteiger partial charge is 0.337 e. The van der Waals surface area contributed by atoms with E-state index in [9.17, 15) is 19.2 Å². The second-order valence-electron chi connectivity index (χ2n) is 8.28. The first-order valence-electron chi connectivity index (χ1n) is 10.5. The molecular weight excluding hydrogens is 376 g/mol. The summed E-state index contributed by atoms with van der Waals surface area (Å²) >= 11 is 0. The van der Waals surface area contributed by atoms with Crippen LogP contribution in [-0.2, 0) is 14.4 Å². The number of hydrazine groups is 1. The van der Waals surface area contributed by atoms with Crippen LogP contribution in [0.2, 0.25) is 0 Å². The first kappa shape index (κ1) is 21.4. The van der Waals surface area contributed by atoms with Crippen molar-refractivity contribution in [2.24, 2.45) is 17.6 Å². The van der Waals surface area contributed by atoms with Crippen LogP contribution in [0.4, 0.5) is 4.79 Å². The van der Waals surface area contributed by atoms with Crippen LogP contribution in [0.25, 0.3) is 0 Å². The molecule has 29 heavy (non-hydrogen) atoms. The van der Waals surface area contributed by atoms with Gasteiger partial charge in [-0.2, -0.15) is 5.43 Å². The van der Waals surface area contributed by atoms with E-state index in [1.54, 1.807) is 9.80 Å². The third kappa shape index (κ3) is 4.03.